The number of allylic oxidation sites excluding steroid dienone is 2. The average Bonchev–Trinajstić information content (AvgIpc) is 2.96. The van der Waals surface area contributed by atoms with Crippen LogP contribution in [0.5, 0.6) is 0 Å². The zero-order valence-electron chi connectivity index (χ0n) is 24.4. The van der Waals surface area contributed by atoms with Crippen LogP contribution >= 0.6 is 0 Å². The van der Waals surface area contributed by atoms with Crippen LogP contribution in [0.15, 0.2) is 60.4 Å². The molecule has 238 valence electrons. The van der Waals surface area contributed by atoms with Gasteiger partial charge in [0.25, 0.3) is 11.7 Å². The zero-order valence-corrected chi connectivity index (χ0v) is 24.4. The molecule has 0 aliphatic rings. The largest absolute Gasteiger partial charge is 0.497 e. The molecule has 43 heavy (non-hydrogen) atoms. The number of alkyl halides is 5. The summed E-state index contributed by atoms with van der Waals surface area (Å²) < 4.78 is 74.6. The number of halogens is 5. The number of Topliss-reactive ketones (excluding diaryl/α,β-unsaturated/α-hetero) is 1. The number of benzene rings is 1. The second-order valence-corrected chi connectivity index (χ2v) is 9.63. The van der Waals surface area contributed by atoms with E-state index in [2.05, 4.69) is 11.9 Å². The highest BCUT2D eigenvalue weighted by Crippen LogP contribution is 2.31. The van der Waals surface area contributed by atoms with E-state index in [1.54, 1.807) is 19.2 Å². The van der Waals surface area contributed by atoms with Crippen LogP contribution < -0.4 is 16.0 Å². The molecule has 3 atom stereocenters. The Balaban J connectivity index is 3.35. The first-order valence-corrected chi connectivity index (χ1v) is 13.1. The first-order chi connectivity index (χ1) is 20.0. The van der Waals surface area contributed by atoms with Gasteiger partial charge in [-0.2, -0.15) is 22.0 Å². The highest BCUT2D eigenvalue weighted by molar-refractivity contribution is 5.98. The Hall–Kier alpha value is -4.07. The van der Waals surface area contributed by atoms with E-state index < -0.39 is 71.8 Å². The van der Waals surface area contributed by atoms with Gasteiger partial charge in [-0.3, -0.25) is 19.2 Å². The lowest BCUT2D eigenvalue weighted by molar-refractivity contribution is -0.175. The van der Waals surface area contributed by atoms with Crippen molar-refractivity contribution in [2.45, 2.75) is 64.3 Å². The molecular weight excluding hydrogens is 581 g/mol. The molecule has 0 bridgehead atoms. The lowest BCUT2D eigenvalue weighted by Crippen LogP contribution is -2.59. The lowest BCUT2D eigenvalue weighted by atomic mass is 9.97. The first-order valence-electron chi connectivity index (χ1n) is 13.1. The van der Waals surface area contributed by atoms with Crippen molar-refractivity contribution in [2.75, 3.05) is 13.7 Å². The van der Waals surface area contributed by atoms with E-state index in [0.29, 0.717) is 0 Å². The molecule has 0 saturated heterocycles. The summed E-state index contributed by atoms with van der Waals surface area (Å²) in [6, 6.07) is -0.688. The van der Waals surface area contributed by atoms with E-state index in [-0.39, 0.29) is 23.3 Å². The number of rotatable bonds is 15. The molecule has 0 radical (unpaired) electrons. The monoisotopic (exact) mass is 617 g/mol. The molecule has 1 aromatic rings. The van der Waals surface area contributed by atoms with Crippen LogP contribution in [-0.4, -0.2) is 66.6 Å². The Morgan fingerprint density at radius 2 is 1.60 bits per heavy atom. The van der Waals surface area contributed by atoms with Gasteiger partial charge in [-0.1, -0.05) is 57.7 Å². The van der Waals surface area contributed by atoms with Crippen LogP contribution in [0.4, 0.5) is 22.0 Å². The Morgan fingerprint density at radius 3 is 2.09 bits per heavy atom. The van der Waals surface area contributed by atoms with E-state index >= 15 is 8.78 Å². The summed E-state index contributed by atoms with van der Waals surface area (Å²) >= 11 is 0. The number of amides is 3. The van der Waals surface area contributed by atoms with E-state index in [9.17, 15) is 37.5 Å². The van der Waals surface area contributed by atoms with Crippen molar-refractivity contribution in [1.82, 2.24) is 16.0 Å². The van der Waals surface area contributed by atoms with Gasteiger partial charge in [0.1, 0.15) is 17.8 Å². The van der Waals surface area contributed by atoms with Crippen molar-refractivity contribution in [3.63, 3.8) is 0 Å². The number of aryl methyl sites for hydroxylation is 1. The van der Waals surface area contributed by atoms with Gasteiger partial charge in [0.05, 0.1) is 19.8 Å². The Bertz CT molecular complexity index is 1240. The molecule has 9 nitrogen and oxygen atoms in total. The van der Waals surface area contributed by atoms with Gasteiger partial charge in [-0.25, -0.2) is 0 Å². The molecule has 0 saturated carbocycles. The molecule has 0 spiro atoms. The van der Waals surface area contributed by atoms with Gasteiger partial charge in [0.15, 0.2) is 0 Å². The van der Waals surface area contributed by atoms with Crippen LogP contribution in [0.25, 0.3) is 0 Å². The Labute approximate surface area is 246 Å². The fourth-order valence-corrected chi connectivity index (χ4v) is 3.79. The van der Waals surface area contributed by atoms with Gasteiger partial charge in [-0.05, 0) is 42.6 Å². The van der Waals surface area contributed by atoms with E-state index in [0.717, 1.165) is 6.07 Å². The van der Waals surface area contributed by atoms with E-state index in [4.69, 9.17) is 4.74 Å². The number of methoxy groups -OCH3 is 1. The Morgan fingerprint density at radius 1 is 1.00 bits per heavy atom. The molecule has 0 aliphatic heterocycles. The minimum Gasteiger partial charge on any atom is -0.497 e. The van der Waals surface area contributed by atoms with Gasteiger partial charge >= 0.3 is 12.1 Å². The molecule has 0 aromatic heterocycles. The minimum absolute atomic E-state index is 0.164. The van der Waals surface area contributed by atoms with Crippen molar-refractivity contribution in [2.24, 2.45) is 5.92 Å². The molecule has 1 rings (SSSR count). The summed E-state index contributed by atoms with van der Waals surface area (Å²) in [5.41, 5.74) is -0.679. The van der Waals surface area contributed by atoms with Crippen LogP contribution in [0.1, 0.15) is 38.8 Å². The number of carbonyl (C=O) groups is 4. The highest BCUT2D eigenvalue weighted by Gasteiger charge is 2.46. The molecule has 1 aromatic carbocycles. The standard InChI is InChI=1S/C29H36F5N3O6/c1-7-18-11-9-10-12-20(18)28(30,31)27(42)35-21(15-38)25(40)37-23(17(5)13-14-19(8-2)43-6)26(41)36-22(16(3)4)24(39)29(32,33)34/h8-14,16,21-23,38H,5,7,15H2,1-4,6H3,(H,35,42)(H,36,41)(H,37,40)/b14-13-,19-8+/t21-,22-,23-/m0/s1. The van der Waals surface area contributed by atoms with Crippen molar-refractivity contribution >= 4 is 23.5 Å². The van der Waals surface area contributed by atoms with Gasteiger partial charge in [0.2, 0.25) is 11.8 Å². The summed E-state index contributed by atoms with van der Waals surface area (Å²) in [6.45, 7) is 8.16. The van der Waals surface area contributed by atoms with E-state index in [1.165, 1.54) is 57.4 Å². The molecule has 3 amide bonds. The maximum atomic E-state index is 15.1. The number of nitrogens with one attached hydrogen (secondary N) is 3. The number of ether oxygens (including phenoxy) is 1. The number of hydrogen-bond acceptors (Lipinski definition) is 6. The van der Waals surface area contributed by atoms with Gasteiger partial charge < -0.3 is 25.8 Å². The maximum absolute atomic E-state index is 15.1. The molecule has 14 heteroatoms. The predicted molar refractivity (Wildman–Crippen MR) is 148 cm³/mol. The fraction of sp³-hybridized carbons (Fsp3) is 0.448. The number of hydrogen-bond donors (Lipinski definition) is 4. The summed E-state index contributed by atoms with van der Waals surface area (Å²) in [7, 11) is 1.33. The highest BCUT2D eigenvalue weighted by atomic mass is 19.4. The van der Waals surface area contributed by atoms with Crippen LogP contribution in [-0.2, 0) is 36.3 Å². The van der Waals surface area contributed by atoms with Crippen molar-refractivity contribution < 1.29 is 51.0 Å². The van der Waals surface area contributed by atoms with Crippen molar-refractivity contribution in [3.8, 4) is 0 Å². The summed E-state index contributed by atoms with van der Waals surface area (Å²) in [5.74, 6) is -11.7. The lowest BCUT2D eigenvalue weighted by Gasteiger charge is -2.27. The minimum atomic E-state index is -5.29. The van der Waals surface area contributed by atoms with Crippen LogP contribution in [0, 0.1) is 5.92 Å². The quantitative estimate of drug-likeness (QED) is 0.136. The third-order valence-corrected chi connectivity index (χ3v) is 6.25. The van der Waals surface area contributed by atoms with Crippen LogP contribution in [0.2, 0.25) is 0 Å². The normalized spacial score (nSPS) is 14.6. The van der Waals surface area contributed by atoms with E-state index in [1.807, 2.05) is 5.32 Å². The molecule has 0 heterocycles. The second kappa shape index (κ2) is 16.0. The van der Waals surface area contributed by atoms with Gasteiger partial charge in [0, 0.05) is 5.56 Å². The smallest absolute Gasteiger partial charge is 0.452 e. The SMILES string of the molecule is C=C(/C=C\C(=C/C)OC)[C@H](NC(=O)[C@H](CO)NC(=O)C(F)(F)c1ccccc1CC)C(=O)N[C@H](C(=O)C(F)(F)F)C(C)C. The third-order valence-electron chi connectivity index (χ3n) is 6.25. The third kappa shape index (κ3) is 10.0. The number of carbonyl (C=O) groups excluding carboxylic acids is 4. The second-order valence-electron chi connectivity index (χ2n) is 9.63. The summed E-state index contributed by atoms with van der Waals surface area (Å²) in [4.78, 5) is 50.7. The zero-order chi connectivity index (χ0) is 33.1. The fourth-order valence-electron chi connectivity index (χ4n) is 3.79. The maximum Gasteiger partial charge on any atom is 0.452 e. The molecule has 4 N–H and O–H groups in total. The average molecular weight is 618 g/mol. The number of aliphatic hydroxyl groups is 1. The van der Waals surface area contributed by atoms with Crippen molar-refractivity contribution in [3.05, 3.63) is 71.5 Å². The van der Waals surface area contributed by atoms with Crippen molar-refractivity contribution in [1.29, 1.82) is 0 Å². The summed E-state index contributed by atoms with van der Waals surface area (Å²) in [6.07, 6.45) is -1.11. The van der Waals surface area contributed by atoms with Gasteiger partial charge in [-0.15, -0.1) is 0 Å². The number of aliphatic hydroxyl groups excluding tert-OH is 1. The summed E-state index contributed by atoms with van der Waals surface area (Å²) in [5, 5.41) is 15.5. The topological polar surface area (TPSA) is 134 Å². The molecule has 0 aliphatic carbocycles. The Kier molecular flexibility index (Phi) is 13.7. The molecule has 0 unspecified atom stereocenters. The molecular formula is C29H36F5N3O6. The number of ketones is 1. The predicted octanol–water partition coefficient (Wildman–Crippen LogP) is 3.24. The first kappa shape index (κ1) is 37.0. The van der Waals surface area contributed by atoms with Crippen LogP contribution in [0.3, 0.4) is 0 Å². The molecule has 0 fully saturated rings.